The van der Waals surface area contributed by atoms with Gasteiger partial charge in [0.15, 0.2) is 0 Å². The first-order valence-corrected chi connectivity index (χ1v) is 7.32. The fourth-order valence-electron chi connectivity index (χ4n) is 3.04. The molecule has 0 amide bonds. The molecule has 1 aliphatic heterocycles. The van der Waals surface area contributed by atoms with Crippen molar-refractivity contribution < 1.29 is 4.74 Å². The topological polar surface area (TPSA) is 36.2 Å². The number of benzene rings is 1. The van der Waals surface area contributed by atoms with Crippen LogP contribution < -0.4 is 10.4 Å². The number of aromatic nitrogens is 2. The molecule has 2 aromatic rings. The molecule has 1 aromatic heterocycles. The molecule has 0 N–H and O–H groups in total. The Morgan fingerprint density at radius 1 is 1.15 bits per heavy atom. The van der Waals surface area contributed by atoms with Gasteiger partial charge in [0.25, 0.3) is 0 Å². The van der Waals surface area contributed by atoms with Crippen LogP contribution in [0.2, 0.25) is 0 Å². The number of hydrogen-bond donors (Lipinski definition) is 0. The van der Waals surface area contributed by atoms with Crippen LogP contribution >= 0.6 is 0 Å². The van der Waals surface area contributed by atoms with Crippen molar-refractivity contribution in [2.24, 2.45) is 0 Å². The molecule has 4 heteroatoms. The number of nitrogens with zero attached hydrogens (tertiary/aromatic N) is 2. The molecule has 4 rings (SSSR count). The van der Waals surface area contributed by atoms with E-state index in [9.17, 15) is 4.79 Å². The number of fused-ring (bicyclic) bond motifs is 1. The number of hydrogen-bond acceptors (Lipinski definition) is 2. The minimum absolute atomic E-state index is 0.136. The first kappa shape index (κ1) is 11.8. The predicted molar refractivity (Wildman–Crippen MR) is 76.3 cm³/mol. The van der Waals surface area contributed by atoms with Crippen LogP contribution in [0.3, 0.4) is 0 Å². The number of para-hydroxylation sites is 1. The number of imidazole rings is 1. The van der Waals surface area contributed by atoms with Gasteiger partial charge in [-0.15, -0.1) is 0 Å². The maximum Gasteiger partial charge on any atom is 0.328 e. The lowest BCUT2D eigenvalue weighted by molar-refractivity contribution is 0.258. The summed E-state index contributed by atoms with van der Waals surface area (Å²) < 4.78 is 9.41. The van der Waals surface area contributed by atoms with Gasteiger partial charge in [-0.2, -0.15) is 0 Å². The Labute approximate surface area is 117 Å². The van der Waals surface area contributed by atoms with Gasteiger partial charge in [0.1, 0.15) is 5.75 Å². The third-order valence-corrected chi connectivity index (χ3v) is 4.31. The molecule has 1 saturated carbocycles. The number of rotatable bonds is 3. The summed E-state index contributed by atoms with van der Waals surface area (Å²) in [5.41, 5.74) is 1.36. The molecule has 20 heavy (non-hydrogen) atoms. The second kappa shape index (κ2) is 4.54. The zero-order valence-electron chi connectivity index (χ0n) is 11.4. The van der Waals surface area contributed by atoms with Crippen molar-refractivity contribution in [2.75, 3.05) is 6.61 Å². The fourth-order valence-corrected chi connectivity index (χ4v) is 3.04. The molecule has 1 atom stereocenters. The third-order valence-electron chi connectivity index (χ3n) is 4.31. The second-order valence-corrected chi connectivity index (χ2v) is 5.74. The van der Waals surface area contributed by atoms with Gasteiger partial charge in [-0.25, -0.2) is 4.79 Å². The van der Waals surface area contributed by atoms with Crippen LogP contribution in [0.5, 0.6) is 5.75 Å². The van der Waals surface area contributed by atoms with E-state index in [0.29, 0.717) is 12.0 Å². The molecule has 0 spiro atoms. The molecule has 2 aliphatic rings. The Balaban J connectivity index is 1.62. The maximum absolute atomic E-state index is 12.3. The lowest BCUT2D eigenvalue weighted by atomic mass is 9.93. The van der Waals surface area contributed by atoms with E-state index in [1.54, 1.807) is 0 Å². The second-order valence-electron chi connectivity index (χ2n) is 5.74. The highest BCUT2D eigenvalue weighted by molar-refractivity contribution is 5.37. The van der Waals surface area contributed by atoms with E-state index in [1.807, 2.05) is 39.7 Å². The van der Waals surface area contributed by atoms with Crippen LogP contribution in [0.1, 0.15) is 36.8 Å². The van der Waals surface area contributed by atoms with Crippen LogP contribution in [-0.2, 0) is 6.54 Å². The average Bonchev–Trinajstić information content (AvgIpc) is 3.26. The van der Waals surface area contributed by atoms with E-state index < -0.39 is 0 Å². The lowest BCUT2D eigenvalue weighted by Crippen LogP contribution is -2.27. The number of ether oxygens (including phenoxy) is 1. The molecule has 104 valence electrons. The minimum atomic E-state index is 0.136. The Morgan fingerprint density at radius 3 is 2.85 bits per heavy atom. The van der Waals surface area contributed by atoms with Crippen molar-refractivity contribution in [1.82, 2.24) is 9.13 Å². The summed E-state index contributed by atoms with van der Waals surface area (Å²) in [6.45, 7) is 1.48. The van der Waals surface area contributed by atoms with E-state index in [0.717, 1.165) is 38.2 Å². The van der Waals surface area contributed by atoms with Crippen LogP contribution in [-0.4, -0.2) is 15.7 Å². The van der Waals surface area contributed by atoms with Gasteiger partial charge in [0.05, 0.1) is 6.61 Å². The van der Waals surface area contributed by atoms with Gasteiger partial charge in [-0.1, -0.05) is 18.2 Å². The van der Waals surface area contributed by atoms with E-state index >= 15 is 0 Å². The summed E-state index contributed by atoms with van der Waals surface area (Å²) in [7, 11) is 0. The summed E-state index contributed by atoms with van der Waals surface area (Å²) >= 11 is 0. The molecule has 1 aliphatic carbocycles. The van der Waals surface area contributed by atoms with Gasteiger partial charge in [0.2, 0.25) is 0 Å². The Bertz CT molecular complexity index is 682. The third kappa shape index (κ3) is 1.96. The van der Waals surface area contributed by atoms with Crippen molar-refractivity contribution in [3.63, 3.8) is 0 Å². The van der Waals surface area contributed by atoms with Crippen LogP contribution in [0, 0.1) is 0 Å². The first-order chi connectivity index (χ1) is 9.83. The van der Waals surface area contributed by atoms with Gasteiger partial charge in [-0.05, 0) is 30.9 Å². The van der Waals surface area contributed by atoms with Gasteiger partial charge in [-0.3, -0.25) is 9.13 Å². The van der Waals surface area contributed by atoms with Crippen molar-refractivity contribution in [1.29, 1.82) is 0 Å². The van der Waals surface area contributed by atoms with Crippen LogP contribution in [0.25, 0.3) is 0 Å². The summed E-state index contributed by atoms with van der Waals surface area (Å²) in [5, 5.41) is 0. The van der Waals surface area contributed by atoms with Crippen molar-refractivity contribution in [3.05, 3.63) is 52.7 Å². The van der Waals surface area contributed by atoms with Crippen LogP contribution in [0.15, 0.2) is 41.5 Å². The molecule has 2 heterocycles. The highest BCUT2D eigenvalue weighted by Gasteiger charge is 2.27. The SMILES string of the molecule is O=c1n(CC2CCOc3ccccc32)ccn1C1CC1. The highest BCUT2D eigenvalue weighted by atomic mass is 16.5. The zero-order chi connectivity index (χ0) is 13.5. The highest BCUT2D eigenvalue weighted by Crippen LogP contribution is 2.35. The molecular weight excluding hydrogens is 252 g/mol. The molecule has 0 saturated heterocycles. The van der Waals surface area contributed by atoms with Gasteiger partial charge >= 0.3 is 5.69 Å². The smallest absolute Gasteiger partial charge is 0.328 e. The predicted octanol–water partition coefficient (Wildman–Crippen LogP) is 2.55. The summed E-state index contributed by atoms with van der Waals surface area (Å²) in [4.78, 5) is 12.3. The summed E-state index contributed by atoms with van der Waals surface area (Å²) in [6.07, 6.45) is 7.12. The molecule has 1 unspecified atom stereocenters. The van der Waals surface area contributed by atoms with E-state index in [2.05, 4.69) is 6.07 Å². The van der Waals surface area contributed by atoms with Crippen molar-refractivity contribution in [2.45, 2.75) is 37.8 Å². The van der Waals surface area contributed by atoms with Crippen molar-refractivity contribution >= 4 is 0 Å². The quantitative estimate of drug-likeness (QED) is 0.859. The molecule has 1 fully saturated rings. The summed E-state index contributed by atoms with van der Waals surface area (Å²) in [6, 6.07) is 8.61. The minimum Gasteiger partial charge on any atom is -0.493 e. The molecule has 0 radical (unpaired) electrons. The summed E-state index contributed by atoms with van der Waals surface area (Å²) in [5.74, 6) is 1.34. The van der Waals surface area contributed by atoms with E-state index in [-0.39, 0.29) is 5.69 Å². The standard InChI is InChI=1S/C16H18N2O2/c19-16-17(8-9-18(16)13-5-6-13)11-12-7-10-20-15-4-2-1-3-14(12)15/h1-4,8-9,12-13H,5-7,10-11H2. The fraction of sp³-hybridized carbons (Fsp3) is 0.438. The zero-order valence-corrected chi connectivity index (χ0v) is 11.4. The normalized spacial score (nSPS) is 21.3. The maximum atomic E-state index is 12.3. The molecular formula is C16H18N2O2. The Kier molecular flexibility index (Phi) is 2.69. The van der Waals surface area contributed by atoms with E-state index in [4.69, 9.17) is 4.74 Å². The van der Waals surface area contributed by atoms with Gasteiger partial charge < -0.3 is 4.74 Å². The largest absolute Gasteiger partial charge is 0.493 e. The van der Waals surface area contributed by atoms with E-state index in [1.165, 1.54) is 5.56 Å². The Morgan fingerprint density at radius 2 is 2.00 bits per heavy atom. The Hall–Kier alpha value is -1.97. The lowest BCUT2D eigenvalue weighted by Gasteiger charge is -2.25. The molecule has 4 nitrogen and oxygen atoms in total. The first-order valence-electron chi connectivity index (χ1n) is 7.32. The average molecular weight is 270 g/mol. The molecule has 0 bridgehead atoms. The molecule has 1 aromatic carbocycles. The van der Waals surface area contributed by atoms with Gasteiger partial charge in [0, 0.05) is 30.9 Å². The van der Waals surface area contributed by atoms with Crippen molar-refractivity contribution in [3.8, 4) is 5.75 Å². The monoisotopic (exact) mass is 270 g/mol. The van der Waals surface area contributed by atoms with Crippen LogP contribution in [0.4, 0.5) is 0 Å².